The highest BCUT2D eigenvalue weighted by molar-refractivity contribution is 6.42. The van der Waals surface area contributed by atoms with Crippen LogP contribution in [0.3, 0.4) is 0 Å². The van der Waals surface area contributed by atoms with Crippen molar-refractivity contribution >= 4 is 29.2 Å². The van der Waals surface area contributed by atoms with Crippen LogP contribution in [0.15, 0.2) is 18.2 Å². The quantitative estimate of drug-likeness (QED) is 0.882. The number of aliphatic carboxylic acids is 1. The summed E-state index contributed by atoms with van der Waals surface area (Å²) in [5.41, 5.74) is 6.50. The maximum Gasteiger partial charge on any atom is 0.490 e. The largest absolute Gasteiger partial charge is 0.490 e. The van der Waals surface area contributed by atoms with E-state index in [2.05, 4.69) is 0 Å². The maximum absolute atomic E-state index is 10.6. The van der Waals surface area contributed by atoms with Gasteiger partial charge in [0, 0.05) is 0 Å². The lowest BCUT2D eigenvalue weighted by atomic mass is 10.1. The molecule has 0 saturated carbocycles. The van der Waals surface area contributed by atoms with Gasteiger partial charge in [-0.1, -0.05) is 29.3 Å². The molecular formula is C10H10Cl2F3NO2. The van der Waals surface area contributed by atoms with Gasteiger partial charge in [0.25, 0.3) is 0 Å². The zero-order chi connectivity index (χ0) is 14.3. The summed E-state index contributed by atoms with van der Waals surface area (Å²) in [6.45, 7) is 0.637. The van der Waals surface area contributed by atoms with Crippen LogP contribution in [0.2, 0.25) is 10.0 Å². The molecule has 0 atom stereocenters. The van der Waals surface area contributed by atoms with Gasteiger partial charge >= 0.3 is 12.1 Å². The van der Waals surface area contributed by atoms with E-state index >= 15 is 0 Å². The van der Waals surface area contributed by atoms with Gasteiger partial charge in [-0.05, 0) is 30.7 Å². The van der Waals surface area contributed by atoms with Crippen LogP contribution < -0.4 is 5.73 Å². The molecule has 0 unspecified atom stereocenters. The van der Waals surface area contributed by atoms with Crippen molar-refractivity contribution < 1.29 is 23.1 Å². The summed E-state index contributed by atoms with van der Waals surface area (Å²) in [5, 5.41) is 8.31. The number of benzene rings is 1. The average molecular weight is 304 g/mol. The summed E-state index contributed by atoms with van der Waals surface area (Å²) >= 11 is 11.5. The van der Waals surface area contributed by atoms with E-state index in [1.54, 1.807) is 6.07 Å². The Balaban J connectivity index is 0.000000360. The van der Waals surface area contributed by atoms with Gasteiger partial charge in [-0.25, -0.2) is 4.79 Å². The van der Waals surface area contributed by atoms with Crippen molar-refractivity contribution in [1.29, 1.82) is 0 Å². The Labute approximate surface area is 111 Å². The third kappa shape index (κ3) is 6.68. The van der Waals surface area contributed by atoms with Gasteiger partial charge < -0.3 is 10.8 Å². The number of hydrogen-bond donors (Lipinski definition) is 2. The van der Waals surface area contributed by atoms with Crippen molar-refractivity contribution in [2.24, 2.45) is 5.73 Å². The highest BCUT2D eigenvalue weighted by Crippen LogP contribution is 2.22. The summed E-state index contributed by atoms with van der Waals surface area (Å²) in [5.74, 6) is -2.76. The molecule has 1 aromatic rings. The normalized spacial score (nSPS) is 10.6. The second kappa shape index (κ2) is 7.45. The molecule has 3 nitrogen and oxygen atoms in total. The molecule has 0 saturated heterocycles. The first kappa shape index (κ1) is 17.0. The molecule has 0 heterocycles. The standard InChI is InChI=1S/C8H9Cl2N.C2HF3O2/c9-7-2-1-6(3-4-11)5-8(7)10;3-2(4,5)1(6)7/h1-2,5H,3-4,11H2;(H,6,7). The molecule has 3 N–H and O–H groups in total. The van der Waals surface area contributed by atoms with E-state index in [0.29, 0.717) is 16.6 Å². The van der Waals surface area contributed by atoms with Crippen LogP contribution in [-0.2, 0) is 11.2 Å². The van der Waals surface area contributed by atoms with Gasteiger partial charge in [0.15, 0.2) is 0 Å². The number of halogens is 5. The Morgan fingerprint density at radius 2 is 1.78 bits per heavy atom. The molecule has 0 amide bonds. The van der Waals surface area contributed by atoms with Crippen molar-refractivity contribution in [2.45, 2.75) is 12.6 Å². The summed E-state index contributed by atoms with van der Waals surface area (Å²) < 4.78 is 31.7. The van der Waals surface area contributed by atoms with Crippen LogP contribution in [-0.4, -0.2) is 23.8 Å². The number of rotatable bonds is 2. The van der Waals surface area contributed by atoms with E-state index in [4.69, 9.17) is 38.8 Å². The lowest BCUT2D eigenvalue weighted by Crippen LogP contribution is -2.21. The first-order chi connectivity index (χ1) is 8.18. The Bertz CT molecular complexity index is 411. The van der Waals surface area contributed by atoms with Crippen LogP contribution in [0.5, 0.6) is 0 Å². The number of carbonyl (C=O) groups is 1. The van der Waals surface area contributed by atoms with Crippen LogP contribution in [0.4, 0.5) is 13.2 Å². The van der Waals surface area contributed by atoms with E-state index in [0.717, 1.165) is 12.0 Å². The van der Waals surface area contributed by atoms with Crippen molar-refractivity contribution in [1.82, 2.24) is 0 Å². The first-order valence-electron chi connectivity index (χ1n) is 4.62. The molecule has 0 aliphatic heterocycles. The van der Waals surface area contributed by atoms with Crippen molar-refractivity contribution in [3.63, 3.8) is 0 Å². The minimum Gasteiger partial charge on any atom is -0.475 e. The summed E-state index contributed by atoms with van der Waals surface area (Å²) in [4.78, 5) is 8.90. The molecule has 8 heteroatoms. The second-order valence-electron chi connectivity index (χ2n) is 3.09. The third-order valence-electron chi connectivity index (χ3n) is 1.66. The molecule has 1 rings (SSSR count). The Hall–Kier alpha value is -0.980. The van der Waals surface area contributed by atoms with Gasteiger partial charge in [0.05, 0.1) is 10.0 Å². The van der Waals surface area contributed by atoms with E-state index in [1.165, 1.54) is 0 Å². The van der Waals surface area contributed by atoms with Crippen LogP contribution in [0.1, 0.15) is 5.56 Å². The molecule has 0 aliphatic carbocycles. The molecular weight excluding hydrogens is 294 g/mol. The lowest BCUT2D eigenvalue weighted by Gasteiger charge is -1.99. The van der Waals surface area contributed by atoms with E-state index in [9.17, 15) is 13.2 Å². The van der Waals surface area contributed by atoms with Gasteiger partial charge in [0.1, 0.15) is 0 Å². The Morgan fingerprint density at radius 3 is 2.11 bits per heavy atom. The van der Waals surface area contributed by atoms with Crippen molar-refractivity contribution in [3.05, 3.63) is 33.8 Å². The predicted molar refractivity (Wildman–Crippen MR) is 62.9 cm³/mol. The Kier molecular flexibility index (Phi) is 7.05. The average Bonchev–Trinajstić information content (AvgIpc) is 2.23. The number of alkyl halides is 3. The number of hydrogen-bond acceptors (Lipinski definition) is 2. The van der Waals surface area contributed by atoms with Crippen LogP contribution >= 0.6 is 23.2 Å². The highest BCUT2D eigenvalue weighted by atomic mass is 35.5. The molecule has 102 valence electrons. The zero-order valence-electron chi connectivity index (χ0n) is 8.97. The minimum absolute atomic E-state index is 0.590. The summed E-state index contributed by atoms with van der Waals surface area (Å²) in [6.07, 6.45) is -4.24. The minimum atomic E-state index is -5.08. The van der Waals surface area contributed by atoms with Gasteiger partial charge in [-0.3, -0.25) is 0 Å². The summed E-state index contributed by atoms with van der Waals surface area (Å²) in [7, 11) is 0. The molecule has 0 spiro atoms. The fraction of sp³-hybridized carbons (Fsp3) is 0.300. The van der Waals surface area contributed by atoms with E-state index < -0.39 is 12.1 Å². The van der Waals surface area contributed by atoms with Crippen LogP contribution in [0.25, 0.3) is 0 Å². The lowest BCUT2D eigenvalue weighted by molar-refractivity contribution is -0.192. The van der Waals surface area contributed by atoms with Crippen LogP contribution in [0, 0.1) is 0 Å². The second-order valence-corrected chi connectivity index (χ2v) is 3.90. The topological polar surface area (TPSA) is 63.3 Å². The Morgan fingerprint density at radius 1 is 1.28 bits per heavy atom. The van der Waals surface area contributed by atoms with E-state index in [1.807, 2.05) is 12.1 Å². The highest BCUT2D eigenvalue weighted by Gasteiger charge is 2.38. The van der Waals surface area contributed by atoms with Gasteiger partial charge in [-0.2, -0.15) is 13.2 Å². The monoisotopic (exact) mass is 303 g/mol. The van der Waals surface area contributed by atoms with Crippen molar-refractivity contribution in [2.75, 3.05) is 6.54 Å². The molecule has 0 aromatic heterocycles. The number of nitrogens with two attached hydrogens (primary N) is 1. The maximum atomic E-state index is 10.6. The molecule has 18 heavy (non-hydrogen) atoms. The summed E-state index contributed by atoms with van der Waals surface area (Å²) in [6, 6.07) is 5.56. The van der Waals surface area contributed by atoms with Gasteiger partial charge in [-0.15, -0.1) is 0 Å². The molecule has 0 fully saturated rings. The molecule has 0 bridgehead atoms. The fourth-order valence-corrected chi connectivity index (χ4v) is 1.18. The van der Waals surface area contributed by atoms with Gasteiger partial charge in [0.2, 0.25) is 0 Å². The zero-order valence-corrected chi connectivity index (χ0v) is 10.5. The fourth-order valence-electron chi connectivity index (χ4n) is 0.862. The molecule has 0 aliphatic rings. The van der Waals surface area contributed by atoms with Crippen molar-refractivity contribution in [3.8, 4) is 0 Å². The smallest absolute Gasteiger partial charge is 0.475 e. The first-order valence-corrected chi connectivity index (χ1v) is 5.38. The SMILES string of the molecule is NCCc1ccc(Cl)c(Cl)c1.O=C(O)C(F)(F)F. The third-order valence-corrected chi connectivity index (χ3v) is 2.40. The number of carboxylic acids is 1. The number of carboxylic acid groups (broad SMARTS) is 1. The van der Waals surface area contributed by atoms with E-state index in [-0.39, 0.29) is 0 Å². The molecule has 0 radical (unpaired) electrons. The predicted octanol–water partition coefficient (Wildman–Crippen LogP) is 3.13. The molecule has 1 aromatic carbocycles.